The highest BCUT2D eigenvalue weighted by molar-refractivity contribution is 8.00. The van der Waals surface area contributed by atoms with Gasteiger partial charge in [0.05, 0.1) is 41.8 Å². The molecule has 32 heavy (non-hydrogen) atoms. The molecule has 2 unspecified atom stereocenters. The van der Waals surface area contributed by atoms with Gasteiger partial charge in [0.1, 0.15) is 10.8 Å². The van der Waals surface area contributed by atoms with Crippen LogP contribution in [-0.2, 0) is 9.53 Å². The van der Waals surface area contributed by atoms with Crippen molar-refractivity contribution < 1.29 is 14.3 Å². The molecule has 1 aliphatic heterocycles. The van der Waals surface area contributed by atoms with Gasteiger partial charge in [-0.05, 0) is 50.6 Å². The van der Waals surface area contributed by atoms with E-state index in [9.17, 15) is 4.79 Å². The Balaban J connectivity index is 1.56. The SMILES string of the molecule is COc1ccc(C)cc1NC(=O)CSc1nc2ccccc2nc1N1CC(C)OC(C)C1. The minimum Gasteiger partial charge on any atom is -0.495 e. The van der Waals surface area contributed by atoms with Crippen LogP contribution in [0, 0.1) is 6.92 Å². The molecule has 3 aromatic rings. The second-order valence-corrected chi connectivity index (χ2v) is 9.01. The summed E-state index contributed by atoms with van der Waals surface area (Å²) in [6, 6.07) is 13.5. The first-order valence-electron chi connectivity index (χ1n) is 10.7. The summed E-state index contributed by atoms with van der Waals surface area (Å²) in [5.74, 6) is 1.53. The number of amides is 1. The van der Waals surface area contributed by atoms with Gasteiger partial charge in [0.2, 0.25) is 5.91 Å². The minimum atomic E-state index is -0.122. The molecule has 2 heterocycles. The molecule has 1 N–H and O–H groups in total. The fourth-order valence-electron chi connectivity index (χ4n) is 3.87. The second kappa shape index (κ2) is 9.75. The lowest BCUT2D eigenvalue weighted by atomic mass is 10.2. The zero-order chi connectivity index (χ0) is 22.7. The average Bonchev–Trinajstić information content (AvgIpc) is 2.76. The fraction of sp³-hybridized carbons (Fsp3) is 0.375. The average molecular weight is 453 g/mol. The van der Waals surface area contributed by atoms with Gasteiger partial charge in [-0.15, -0.1) is 0 Å². The molecule has 1 fully saturated rings. The van der Waals surface area contributed by atoms with Crippen molar-refractivity contribution in [3.05, 3.63) is 48.0 Å². The van der Waals surface area contributed by atoms with Crippen molar-refractivity contribution in [1.82, 2.24) is 9.97 Å². The predicted octanol–water partition coefficient (Wildman–Crippen LogP) is 4.29. The number of morpholine rings is 1. The Bertz CT molecular complexity index is 1110. The molecule has 2 aromatic carbocycles. The molecule has 1 saturated heterocycles. The Labute approximate surface area is 192 Å². The molecule has 0 saturated carbocycles. The van der Waals surface area contributed by atoms with Gasteiger partial charge in [0.25, 0.3) is 0 Å². The number of methoxy groups -OCH3 is 1. The summed E-state index contributed by atoms with van der Waals surface area (Å²) in [6.07, 6.45) is 0.198. The van der Waals surface area contributed by atoms with E-state index in [2.05, 4.69) is 24.1 Å². The van der Waals surface area contributed by atoms with Gasteiger partial charge in [-0.2, -0.15) is 0 Å². The van der Waals surface area contributed by atoms with Crippen molar-refractivity contribution in [3.63, 3.8) is 0 Å². The van der Waals surface area contributed by atoms with Gasteiger partial charge >= 0.3 is 0 Å². The van der Waals surface area contributed by atoms with Crippen molar-refractivity contribution in [2.75, 3.05) is 36.2 Å². The van der Waals surface area contributed by atoms with E-state index >= 15 is 0 Å². The van der Waals surface area contributed by atoms with Gasteiger partial charge in [0.15, 0.2) is 5.82 Å². The number of ether oxygens (including phenoxy) is 2. The molecule has 4 rings (SSSR count). The summed E-state index contributed by atoms with van der Waals surface area (Å²) in [5.41, 5.74) is 3.37. The van der Waals surface area contributed by atoms with E-state index in [1.807, 2.05) is 49.4 Å². The molecule has 0 aliphatic carbocycles. The van der Waals surface area contributed by atoms with Crippen LogP contribution in [0.3, 0.4) is 0 Å². The van der Waals surface area contributed by atoms with Crippen LogP contribution < -0.4 is 15.0 Å². The van der Waals surface area contributed by atoms with Gasteiger partial charge in [-0.1, -0.05) is 30.0 Å². The number of aromatic nitrogens is 2. The number of anilines is 2. The number of nitrogens with zero attached hydrogens (tertiary/aromatic N) is 3. The third kappa shape index (κ3) is 5.14. The lowest BCUT2D eigenvalue weighted by Gasteiger charge is -2.36. The van der Waals surface area contributed by atoms with Crippen LogP contribution >= 0.6 is 11.8 Å². The number of hydrogen-bond donors (Lipinski definition) is 1. The molecule has 2 atom stereocenters. The van der Waals surface area contributed by atoms with E-state index in [0.29, 0.717) is 11.4 Å². The first-order valence-corrected chi connectivity index (χ1v) is 11.7. The van der Waals surface area contributed by atoms with Crippen LogP contribution in [0.25, 0.3) is 11.0 Å². The molecule has 7 nitrogen and oxygen atoms in total. The normalized spacial score (nSPS) is 18.6. The zero-order valence-corrected chi connectivity index (χ0v) is 19.6. The maximum absolute atomic E-state index is 12.8. The number of para-hydroxylation sites is 2. The lowest BCUT2D eigenvalue weighted by Crippen LogP contribution is -2.46. The van der Waals surface area contributed by atoms with E-state index in [0.717, 1.165) is 40.5 Å². The number of aryl methyl sites for hydroxylation is 1. The van der Waals surface area contributed by atoms with Crippen LogP contribution in [-0.4, -0.2) is 54.0 Å². The highest BCUT2D eigenvalue weighted by atomic mass is 32.2. The molecule has 0 radical (unpaired) electrons. The zero-order valence-electron chi connectivity index (χ0n) is 18.8. The van der Waals surface area contributed by atoms with Crippen molar-refractivity contribution in [2.45, 2.75) is 38.0 Å². The largest absolute Gasteiger partial charge is 0.495 e. The standard InChI is InChI=1S/C24H28N4O3S/c1-15-9-10-21(30-4)20(11-15)25-22(29)14-32-24-23(28-12-16(2)31-17(3)13-28)26-18-7-5-6-8-19(18)27-24/h5-11,16-17H,12-14H2,1-4H3,(H,25,29). The van der Waals surface area contributed by atoms with Crippen molar-refractivity contribution in [3.8, 4) is 5.75 Å². The maximum atomic E-state index is 12.8. The number of carbonyl (C=O) groups excluding carboxylic acids is 1. The van der Waals surface area contributed by atoms with Crippen LogP contribution in [0.1, 0.15) is 19.4 Å². The summed E-state index contributed by atoms with van der Waals surface area (Å²) >= 11 is 1.39. The van der Waals surface area contributed by atoms with Crippen LogP contribution in [0.4, 0.5) is 11.5 Å². The monoisotopic (exact) mass is 452 g/mol. The first kappa shape index (κ1) is 22.4. The Morgan fingerprint density at radius 2 is 1.84 bits per heavy atom. The topological polar surface area (TPSA) is 76.6 Å². The first-order chi connectivity index (χ1) is 15.4. The Hall–Kier alpha value is -2.84. The van der Waals surface area contributed by atoms with Crippen molar-refractivity contribution in [2.24, 2.45) is 0 Å². The third-order valence-corrected chi connectivity index (χ3v) is 6.16. The van der Waals surface area contributed by atoms with Crippen LogP contribution in [0.5, 0.6) is 5.75 Å². The highest BCUT2D eigenvalue weighted by Crippen LogP contribution is 2.31. The van der Waals surface area contributed by atoms with E-state index in [-0.39, 0.29) is 23.9 Å². The molecule has 1 aromatic heterocycles. The number of thioether (sulfide) groups is 1. The highest BCUT2D eigenvalue weighted by Gasteiger charge is 2.26. The van der Waals surface area contributed by atoms with E-state index < -0.39 is 0 Å². The Morgan fingerprint density at radius 3 is 2.53 bits per heavy atom. The van der Waals surface area contributed by atoms with Gasteiger partial charge in [-0.3, -0.25) is 4.79 Å². The van der Waals surface area contributed by atoms with Crippen molar-refractivity contribution in [1.29, 1.82) is 0 Å². The molecule has 168 valence electrons. The molecule has 1 aliphatic rings. The summed E-state index contributed by atoms with van der Waals surface area (Å²) in [5, 5.41) is 3.70. The molecule has 1 amide bonds. The quantitative estimate of drug-likeness (QED) is 0.559. The van der Waals surface area contributed by atoms with Crippen molar-refractivity contribution >= 4 is 40.2 Å². The second-order valence-electron chi connectivity index (χ2n) is 8.04. The number of fused-ring (bicyclic) bond motifs is 1. The lowest BCUT2D eigenvalue weighted by molar-refractivity contribution is -0.113. The fourth-order valence-corrected chi connectivity index (χ4v) is 4.67. The molecule has 0 bridgehead atoms. The third-order valence-electron chi connectivity index (χ3n) is 5.21. The smallest absolute Gasteiger partial charge is 0.234 e. The van der Waals surface area contributed by atoms with E-state index in [1.165, 1.54) is 11.8 Å². The molecule has 0 spiro atoms. The van der Waals surface area contributed by atoms with Crippen LogP contribution in [0.15, 0.2) is 47.5 Å². The number of carbonyl (C=O) groups is 1. The predicted molar refractivity (Wildman–Crippen MR) is 129 cm³/mol. The van der Waals surface area contributed by atoms with E-state index in [1.54, 1.807) is 7.11 Å². The number of benzene rings is 2. The molecular weight excluding hydrogens is 424 g/mol. The Morgan fingerprint density at radius 1 is 1.16 bits per heavy atom. The van der Waals surface area contributed by atoms with E-state index in [4.69, 9.17) is 19.4 Å². The summed E-state index contributed by atoms with van der Waals surface area (Å²) in [4.78, 5) is 24.7. The van der Waals surface area contributed by atoms with Gasteiger partial charge in [0, 0.05) is 13.1 Å². The van der Waals surface area contributed by atoms with Gasteiger partial charge in [-0.25, -0.2) is 9.97 Å². The maximum Gasteiger partial charge on any atom is 0.234 e. The molecule has 8 heteroatoms. The van der Waals surface area contributed by atoms with Crippen LogP contribution in [0.2, 0.25) is 0 Å². The van der Waals surface area contributed by atoms with Gasteiger partial charge < -0.3 is 19.7 Å². The molecular formula is C24H28N4O3S. The summed E-state index contributed by atoms with van der Waals surface area (Å²) < 4.78 is 11.3. The summed E-state index contributed by atoms with van der Waals surface area (Å²) in [7, 11) is 1.59. The number of hydrogen-bond acceptors (Lipinski definition) is 7. The minimum absolute atomic E-state index is 0.0990. The summed E-state index contributed by atoms with van der Waals surface area (Å²) in [6.45, 7) is 7.57. The number of rotatable bonds is 6. The number of nitrogens with one attached hydrogen (secondary N) is 1. The Kier molecular flexibility index (Phi) is 6.81.